The van der Waals surface area contributed by atoms with Crippen molar-refractivity contribution < 1.29 is 9.90 Å². The third kappa shape index (κ3) is 3.22. The molecule has 1 rings (SSSR count). The molecule has 2 N–H and O–H groups in total. The number of rotatable bonds is 5. The van der Waals surface area contributed by atoms with Crippen LogP contribution in [0.1, 0.15) is 48.9 Å². The maximum atomic E-state index is 11.3. The number of aromatic nitrogens is 1. The van der Waals surface area contributed by atoms with Crippen molar-refractivity contribution in [3.63, 3.8) is 0 Å². The van der Waals surface area contributed by atoms with Gasteiger partial charge in [0, 0.05) is 11.7 Å². The number of carbonyl (C=O) groups is 1. The van der Waals surface area contributed by atoms with Gasteiger partial charge in [0.2, 0.25) is 0 Å². The van der Waals surface area contributed by atoms with Gasteiger partial charge >= 0.3 is 5.97 Å². The predicted molar refractivity (Wildman–Crippen MR) is 73.2 cm³/mol. The van der Waals surface area contributed by atoms with Crippen molar-refractivity contribution in [3.8, 4) is 0 Å². The molecule has 0 aliphatic heterocycles. The molecule has 1 aromatic rings. The lowest BCUT2D eigenvalue weighted by atomic mass is 10.00. The minimum atomic E-state index is -0.932. The lowest BCUT2D eigenvalue weighted by molar-refractivity contribution is 0.0696. The van der Waals surface area contributed by atoms with Crippen LogP contribution in [-0.4, -0.2) is 22.1 Å². The highest BCUT2D eigenvalue weighted by molar-refractivity contribution is 5.95. The molecular weight excluding hydrogens is 228 g/mol. The van der Waals surface area contributed by atoms with Crippen molar-refractivity contribution in [1.29, 1.82) is 0 Å². The second kappa shape index (κ2) is 5.85. The van der Waals surface area contributed by atoms with Gasteiger partial charge in [-0.2, -0.15) is 0 Å². The summed E-state index contributed by atoms with van der Waals surface area (Å²) in [5, 5.41) is 12.6. The predicted octanol–water partition coefficient (Wildman–Crippen LogP) is 3.24. The Kier molecular flexibility index (Phi) is 4.70. The van der Waals surface area contributed by atoms with Crippen LogP contribution in [0.2, 0.25) is 0 Å². The van der Waals surface area contributed by atoms with Crippen molar-refractivity contribution >= 4 is 11.7 Å². The minimum Gasteiger partial charge on any atom is -0.478 e. The summed E-state index contributed by atoms with van der Waals surface area (Å²) in [6, 6.07) is 2.03. The summed E-state index contributed by atoms with van der Waals surface area (Å²) < 4.78 is 0. The van der Waals surface area contributed by atoms with Crippen LogP contribution < -0.4 is 5.32 Å². The van der Waals surface area contributed by atoms with E-state index in [0.717, 1.165) is 12.1 Å². The van der Waals surface area contributed by atoms with Crippen LogP contribution in [0.3, 0.4) is 0 Å². The average Bonchev–Trinajstić information content (AvgIpc) is 2.26. The van der Waals surface area contributed by atoms with Gasteiger partial charge in [0.05, 0.1) is 11.4 Å². The second-order valence-corrected chi connectivity index (χ2v) is 4.90. The number of aryl methyl sites for hydroxylation is 2. The van der Waals surface area contributed by atoms with E-state index in [1.54, 1.807) is 13.0 Å². The van der Waals surface area contributed by atoms with E-state index in [-0.39, 0.29) is 11.6 Å². The van der Waals surface area contributed by atoms with Crippen molar-refractivity contribution in [1.82, 2.24) is 4.98 Å². The fraction of sp³-hybridized carbons (Fsp3) is 0.571. The lowest BCUT2D eigenvalue weighted by Gasteiger charge is -2.22. The molecule has 0 bridgehead atoms. The number of hydrogen-bond acceptors (Lipinski definition) is 3. The van der Waals surface area contributed by atoms with Gasteiger partial charge in [0.1, 0.15) is 5.56 Å². The van der Waals surface area contributed by atoms with Crippen LogP contribution in [0.25, 0.3) is 0 Å². The molecule has 0 saturated heterocycles. The lowest BCUT2D eigenvalue weighted by Crippen LogP contribution is -2.25. The van der Waals surface area contributed by atoms with Crippen LogP contribution in [0.4, 0.5) is 5.69 Å². The van der Waals surface area contributed by atoms with E-state index < -0.39 is 5.97 Å². The number of hydrogen-bond donors (Lipinski definition) is 2. The molecule has 18 heavy (non-hydrogen) atoms. The summed E-state index contributed by atoms with van der Waals surface area (Å²) in [4.78, 5) is 15.5. The highest BCUT2D eigenvalue weighted by Crippen LogP contribution is 2.22. The molecule has 0 amide bonds. The zero-order chi connectivity index (χ0) is 13.9. The smallest absolute Gasteiger partial charge is 0.339 e. The van der Waals surface area contributed by atoms with E-state index in [2.05, 4.69) is 31.1 Å². The third-order valence-electron chi connectivity index (χ3n) is 3.42. The molecule has 0 aliphatic rings. The van der Waals surface area contributed by atoms with Crippen molar-refractivity contribution in [2.45, 2.75) is 47.1 Å². The molecule has 0 saturated carbocycles. The van der Waals surface area contributed by atoms with E-state index in [9.17, 15) is 9.90 Å². The third-order valence-corrected chi connectivity index (χ3v) is 3.42. The highest BCUT2D eigenvalue weighted by Gasteiger charge is 2.18. The van der Waals surface area contributed by atoms with Gasteiger partial charge < -0.3 is 10.4 Å². The van der Waals surface area contributed by atoms with Crippen LogP contribution in [0, 0.1) is 19.8 Å². The zero-order valence-electron chi connectivity index (χ0n) is 11.7. The second-order valence-electron chi connectivity index (χ2n) is 4.90. The first-order valence-electron chi connectivity index (χ1n) is 6.34. The number of anilines is 1. The SMILES string of the molecule is CCC(C)C(C)Nc1cc(C)nc(C)c1C(=O)O. The summed E-state index contributed by atoms with van der Waals surface area (Å²) in [7, 11) is 0. The fourth-order valence-electron chi connectivity index (χ4n) is 1.95. The first-order valence-corrected chi connectivity index (χ1v) is 6.34. The highest BCUT2D eigenvalue weighted by atomic mass is 16.4. The summed E-state index contributed by atoms with van der Waals surface area (Å²) in [5.41, 5.74) is 2.33. The topological polar surface area (TPSA) is 62.2 Å². The van der Waals surface area contributed by atoms with Crippen molar-refractivity contribution in [2.75, 3.05) is 5.32 Å². The van der Waals surface area contributed by atoms with E-state index in [1.807, 2.05) is 6.92 Å². The molecule has 2 atom stereocenters. The van der Waals surface area contributed by atoms with E-state index >= 15 is 0 Å². The first-order chi connectivity index (χ1) is 8.36. The molecule has 100 valence electrons. The Morgan fingerprint density at radius 2 is 2.06 bits per heavy atom. The van der Waals surface area contributed by atoms with E-state index in [1.165, 1.54) is 0 Å². The molecule has 0 aromatic carbocycles. The molecule has 4 nitrogen and oxygen atoms in total. The summed E-state index contributed by atoms with van der Waals surface area (Å²) in [6.07, 6.45) is 1.06. The molecular formula is C14H22N2O2. The van der Waals surface area contributed by atoms with Crippen molar-refractivity contribution in [3.05, 3.63) is 23.0 Å². The molecule has 0 aliphatic carbocycles. The number of nitrogens with one attached hydrogen (secondary N) is 1. The number of carboxylic acid groups (broad SMARTS) is 1. The molecule has 0 radical (unpaired) electrons. The van der Waals surface area contributed by atoms with E-state index in [4.69, 9.17) is 0 Å². The zero-order valence-corrected chi connectivity index (χ0v) is 11.7. The Bertz CT molecular complexity index is 444. The Morgan fingerprint density at radius 3 is 2.56 bits per heavy atom. The first kappa shape index (κ1) is 14.5. The number of nitrogens with zero attached hydrogens (tertiary/aromatic N) is 1. The summed E-state index contributed by atoms with van der Waals surface area (Å²) in [6.45, 7) is 9.96. The monoisotopic (exact) mass is 250 g/mol. The molecule has 4 heteroatoms. The summed E-state index contributed by atoms with van der Waals surface area (Å²) in [5.74, 6) is -0.445. The standard InChI is InChI=1S/C14H22N2O2/c1-6-8(2)10(4)16-12-7-9(3)15-11(5)13(12)14(17)18/h7-8,10H,6H2,1-5H3,(H,15,16)(H,17,18). The van der Waals surface area contributed by atoms with Gasteiger partial charge in [-0.05, 0) is 32.8 Å². The normalized spacial score (nSPS) is 14.1. The molecule has 0 fully saturated rings. The summed E-state index contributed by atoms with van der Waals surface area (Å²) >= 11 is 0. The maximum Gasteiger partial charge on any atom is 0.339 e. The van der Waals surface area contributed by atoms with Gasteiger partial charge in [0.25, 0.3) is 0 Å². The van der Waals surface area contributed by atoms with Gasteiger partial charge in [0.15, 0.2) is 0 Å². The Labute approximate surface area is 108 Å². The quantitative estimate of drug-likeness (QED) is 0.842. The van der Waals surface area contributed by atoms with Crippen LogP contribution in [0.5, 0.6) is 0 Å². The molecule has 2 unspecified atom stereocenters. The minimum absolute atomic E-state index is 0.231. The number of aromatic carboxylic acids is 1. The fourth-order valence-corrected chi connectivity index (χ4v) is 1.95. The maximum absolute atomic E-state index is 11.3. The molecule has 1 heterocycles. The van der Waals surface area contributed by atoms with E-state index in [0.29, 0.717) is 17.3 Å². The Balaban J connectivity index is 3.11. The van der Waals surface area contributed by atoms with Gasteiger partial charge in [-0.15, -0.1) is 0 Å². The Hall–Kier alpha value is -1.58. The van der Waals surface area contributed by atoms with Gasteiger partial charge in [-0.1, -0.05) is 20.3 Å². The van der Waals surface area contributed by atoms with Gasteiger partial charge in [-0.3, -0.25) is 4.98 Å². The molecule has 1 aromatic heterocycles. The largest absolute Gasteiger partial charge is 0.478 e. The molecule has 0 spiro atoms. The van der Waals surface area contributed by atoms with Crippen LogP contribution in [-0.2, 0) is 0 Å². The number of carboxylic acids is 1. The van der Waals surface area contributed by atoms with Crippen LogP contribution in [0.15, 0.2) is 6.07 Å². The van der Waals surface area contributed by atoms with Gasteiger partial charge in [-0.25, -0.2) is 4.79 Å². The van der Waals surface area contributed by atoms with Crippen molar-refractivity contribution in [2.24, 2.45) is 5.92 Å². The average molecular weight is 250 g/mol. The van der Waals surface area contributed by atoms with Crippen LogP contribution >= 0.6 is 0 Å². The Morgan fingerprint density at radius 1 is 1.44 bits per heavy atom. The number of pyridine rings is 1.